The molecule has 0 saturated heterocycles. The number of rotatable bonds is 8. The highest BCUT2D eigenvalue weighted by molar-refractivity contribution is 6.31. The SMILES string of the molecule is CCNC(CCCc1c(Cl)c(CC)nn1C)C1CC1. The molecule has 0 aromatic carbocycles. The molecule has 1 saturated carbocycles. The minimum atomic E-state index is 0.711. The summed E-state index contributed by atoms with van der Waals surface area (Å²) in [5.74, 6) is 0.924. The van der Waals surface area contributed by atoms with Crippen molar-refractivity contribution in [2.45, 2.75) is 58.4 Å². The van der Waals surface area contributed by atoms with Crippen molar-refractivity contribution in [1.29, 1.82) is 0 Å². The second kappa shape index (κ2) is 6.76. The van der Waals surface area contributed by atoms with Gasteiger partial charge < -0.3 is 5.32 Å². The van der Waals surface area contributed by atoms with E-state index in [0.717, 1.165) is 36.0 Å². The smallest absolute Gasteiger partial charge is 0.0849 e. The highest BCUT2D eigenvalue weighted by Gasteiger charge is 2.30. The first kappa shape index (κ1) is 14.9. The highest BCUT2D eigenvalue weighted by Crippen LogP contribution is 2.34. The van der Waals surface area contributed by atoms with Gasteiger partial charge in [-0.05, 0) is 51.0 Å². The van der Waals surface area contributed by atoms with Crippen LogP contribution in [0.1, 0.15) is 50.9 Å². The quantitative estimate of drug-likeness (QED) is 0.793. The zero-order chi connectivity index (χ0) is 13.8. The molecule has 1 heterocycles. The van der Waals surface area contributed by atoms with Crippen LogP contribution in [0.4, 0.5) is 0 Å². The number of nitrogens with zero attached hydrogens (tertiary/aromatic N) is 2. The van der Waals surface area contributed by atoms with Gasteiger partial charge in [0.25, 0.3) is 0 Å². The zero-order valence-electron chi connectivity index (χ0n) is 12.4. The molecule has 1 fully saturated rings. The van der Waals surface area contributed by atoms with Crippen LogP contribution in [0.15, 0.2) is 0 Å². The maximum absolute atomic E-state index is 6.38. The van der Waals surface area contributed by atoms with E-state index in [-0.39, 0.29) is 0 Å². The Hall–Kier alpha value is -0.540. The first-order valence-corrected chi connectivity index (χ1v) is 7.98. The van der Waals surface area contributed by atoms with Crippen LogP contribution in [0.3, 0.4) is 0 Å². The van der Waals surface area contributed by atoms with Crippen LogP contribution >= 0.6 is 11.6 Å². The molecule has 0 amide bonds. The molecule has 1 aliphatic carbocycles. The van der Waals surface area contributed by atoms with Gasteiger partial charge in [-0.15, -0.1) is 0 Å². The fourth-order valence-corrected chi connectivity index (χ4v) is 3.23. The van der Waals surface area contributed by atoms with Crippen LogP contribution in [0, 0.1) is 5.92 Å². The van der Waals surface area contributed by atoms with E-state index in [0.29, 0.717) is 6.04 Å². The van der Waals surface area contributed by atoms with E-state index < -0.39 is 0 Å². The maximum atomic E-state index is 6.38. The third-order valence-corrected chi connectivity index (χ3v) is 4.53. The van der Waals surface area contributed by atoms with Gasteiger partial charge in [0.15, 0.2) is 0 Å². The molecule has 0 spiro atoms. The number of aryl methyl sites for hydroxylation is 2. The Morgan fingerprint density at radius 3 is 2.68 bits per heavy atom. The Bertz CT molecular complexity index is 410. The first-order valence-electron chi connectivity index (χ1n) is 7.61. The molecule has 1 aromatic rings. The summed E-state index contributed by atoms with van der Waals surface area (Å²) >= 11 is 6.38. The molecule has 1 N–H and O–H groups in total. The van der Waals surface area contributed by atoms with Crippen LogP contribution in [0.5, 0.6) is 0 Å². The molecule has 1 unspecified atom stereocenters. The van der Waals surface area contributed by atoms with Gasteiger partial charge in [-0.25, -0.2) is 0 Å². The summed E-state index contributed by atoms with van der Waals surface area (Å²) in [5, 5.41) is 8.99. The summed E-state index contributed by atoms with van der Waals surface area (Å²) in [5.41, 5.74) is 2.23. The third-order valence-electron chi connectivity index (χ3n) is 4.09. The minimum absolute atomic E-state index is 0.711. The highest BCUT2D eigenvalue weighted by atomic mass is 35.5. The lowest BCUT2D eigenvalue weighted by Gasteiger charge is -2.16. The monoisotopic (exact) mass is 283 g/mol. The fraction of sp³-hybridized carbons (Fsp3) is 0.800. The summed E-state index contributed by atoms with van der Waals surface area (Å²) < 4.78 is 1.96. The molecular weight excluding hydrogens is 258 g/mol. The van der Waals surface area contributed by atoms with Gasteiger partial charge in [0.1, 0.15) is 0 Å². The van der Waals surface area contributed by atoms with Crippen molar-refractivity contribution in [2.75, 3.05) is 6.54 Å². The average molecular weight is 284 g/mol. The number of aromatic nitrogens is 2. The van der Waals surface area contributed by atoms with E-state index in [1.165, 1.54) is 31.4 Å². The van der Waals surface area contributed by atoms with Crippen LogP contribution in [-0.4, -0.2) is 22.4 Å². The molecule has 3 nitrogen and oxygen atoms in total. The largest absolute Gasteiger partial charge is 0.314 e. The van der Waals surface area contributed by atoms with E-state index >= 15 is 0 Å². The number of hydrogen-bond donors (Lipinski definition) is 1. The van der Waals surface area contributed by atoms with Gasteiger partial charge in [0.2, 0.25) is 0 Å². The Labute approximate surface area is 121 Å². The molecule has 0 bridgehead atoms. The van der Waals surface area contributed by atoms with Crippen LogP contribution in [0.25, 0.3) is 0 Å². The summed E-state index contributed by atoms with van der Waals surface area (Å²) in [6, 6.07) is 0.711. The molecular formula is C15H26ClN3. The summed E-state index contributed by atoms with van der Waals surface area (Å²) in [6.45, 7) is 5.38. The van der Waals surface area contributed by atoms with Crippen molar-refractivity contribution in [3.8, 4) is 0 Å². The van der Waals surface area contributed by atoms with Gasteiger partial charge >= 0.3 is 0 Å². The molecule has 1 aromatic heterocycles. The van der Waals surface area contributed by atoms with Gasteiger partial charge in [0.05, 0.1) is 16.4 Å². The van der Waals surface area contributed by atoms with Gasteiger partial charge in [-0.1, -0.05) is 25.4 Å². The van der Waals surface area contributed by atoms with Gasteiger partial charge in [-0.3, -0.25) is 4.68 Å². The van der Waals surface area contributed by atoms with E-state index in [2.05, 4.69) is 24.3 Å². The molecule has 19 heavy (non-hydrogen) atoms. The standard InChI is InChI=1S/C15H26ClN3/c1-4-12-15(16)14(19(3)18-12)8-6-7-13(17-5-2)11-9-10-11/h11,13,17H,4-10H2,1-3H3. The molecule has 0 aliphatic heterocycles. The maximum Gasteiger partial charge on any atom is 0.0849 e. The lowest BCUT2D eigenvalue weighted by atomic mass is 10.0. The third kappa shape index (κ3) is 3.73. The lowest BCUT2D eigenvalue weighted by molar-refractivity contribution is 0.432. The Morgan fingerprint density at radius 2 is 2.16 bits per heavy atom. The summed E-state index contributed by atoms with van der Waals surface area (Å²) in [4.78, 5) is 0. The Morgan fingerprint density at radius 1 is 1.42 bits per heavy atom. The zero-order valence-corrected chi connectivity index (χ0v) is 13.1. The molecule has 108 valence electrons. The number of nitrogens with one attached hydrogen (secondary N) is 1. The van der Waals surface area contributed by atoms with Crippen LogP contribution < -0.4 is 5.32 Å². The Kier molecular flexibility index (Phi) is 5.28. The predicted molar refractivity (Wildman–Crippen MR) is 80.7 cm³/mol. The van der Waals surface area contributed by atoms with Gasteiger partial charge in [0, 0.05) is 13.1 Å². The van der Waals surface area contributed by atoms with E-state index in [4.69, 9.17) is 11.6 Å². The average Bonchev–Trinajstić information content (AvgIpc) is 3.19. The topological polar surface area (TPSA) is 29.9 Å². The van der Waals surface area contributed by atoms with Crippen molar-refractivity contribution in [1.82, 2.24) is 15.1 Å². The van der Waals surface area contributed by atoms with E-state index in [1.807, 2.05) is 11.7 Å². The molecule has 4 heteroatoms. The fourth-order valence-electron chi connectivity index (χ4n) is 2.85. The van der Waals surface area contributed by atoms with E-state index in [1.54, 1.807) is 0 Å². The van der Waals surface area contributed by atoms with Crippen LogP contribution in [-0.2, 0) is 19.9 Å². The van der Waals surface area contributed by atoms with Crippen molar-refractivity contribution < 1.29 is 0 Å². The second-order valence-electron chi connectivity index (χ2n) is 5.58. The van der Waals surface area contributed by atoms with Gasteiger partial charge in [-0.2, -0.15) is 5.10 Å². The number of hydrogen-bond acceptors (Lipinski definition) is 2. The van der Waals surface area contributed by atoms with E-state index in [9.17, 15) is 0 Å². The minimum Gasteiger partial charge on any atom is -0.314 e. The van der Waals surface area contributed by atoms with Crippen LogP contribution in [0.2, 0.25) is 5.02 Å². The number of halogens is 1. The molecule has 1 aliphatic rings. The normalized spacial score (nSPS) is 16.8. The molecule has 0 radical (unpaired) electrons. The first-order chi connectivity index (χ1) is 9.17. The second-order valence-corrected chi connectivity index (χ2v) is 5.96. The van der Waals surface area contributed by atoms with Crippen molar-refractivity contribution in [3.63, 3.8) is 0 Å². The van der Waals surface area contributed by atoms with Crippen molar-refractivity contribution >= 4 is 11.6 Å². The molecule has 2 rings (SSSR count). The van der Waals surface area contributed by atoms with Crippen molar-refractivity contribution in [2.24, 2.45) is 13.0 Å². The summed E-state index contributed by atoms with van der Waals surface area (Å²) in [7, 11) is 2.00. The Balaban J connectivity index is 1.86. The summed E-state index contributed by atoms with van der Waals surface area (Å²) in [6.07, 6.45) is 7.21. The predicted octanol–water partition coefficient (Wildman–Crippen LogP) is 3.35. The molecule has 1 atom stereocenters. The van der Waals surface area contributed by atoms with Crippen molar-refractivity contribution in [3.05, 3.63) is 16.4 Å². The lowest BCUT2D eigenvalue weighted by Crippen LogP contribution is -2.30.